The fraction of sp³-hybridized carbons (Fsp3) is 0. The van der Waals surface area contributed by atoms with Crippen LogP contribution in [0.25, 0.3) is 0 Å². The first-order chi connectivity index (χ1) is 11.1. The fourth-order valence-corrected chi connectivity index (χ4v) is 1.62. The minimum Gasteiger partial charge on any atom is -0.478 e. The number of carbonyl (C=O) groups excluding carboxylic acids is 2. The summed E-state index contributed by atoms with van der Waals surface area (Å²) in [6, 6.07) is 9.09. The van der Waals surface area contributed by atoms with Crippen molar-refractivity contribution in [3.05, 3.63) is 59.9 Å². The number of hydrazone groups is 1. The van der Waals surface area contributed by atoms with E-state index in [1.165, 1.54) is 24.4 Å². The molecule has 0 atom stereocenters. The molecule has 0 spiro atoms. The number of nitrogens with one attached hydrogen (secondary N) is 2. The monoisotopic (exact) mass is 312 g/mol. The average molecular weight is 312 g/mol. The predicted molar refractivity (Wildman–Crippen MR) is 82.0 cm³/mol. The second kappa shape index (κ2) is 7.46. The third-order valence-corrected chi connectivity index (χ3v) is 2.70. The molecule has 2 aromatic rings. The van der Waals surface area contributed by atoms with Crippen molar-refractivity contribution in [2.45, 2.75) is 0 Å². The number of rotatable bonds is 4. The van der Waals surface area contributed by atoms with Crippen molar-refractivity contribution in [3.63, 3.8) is 0 Å². The van der Waals surface area contributed by atoms with Gasteiger partial charge in [-0.25, -0.2) is 10.2 Å². The number of carbonyl (C=O) groups is 3. The van der Waals surface area contributed by atoms with Gasteiger partial charge in [0.15, 0.2) is 0 Å². The van der Waals surface area contributed by atoms with Crippen LogP contribution >= 0.6 is 0 Å². The standard InChI is InChI=1S/C15H12N4O4/c20-13(18-12-4-2-1-3-11(12)15(22)23)14(21)19-17-9-10-5-7-16-8-6-10/h1-9H,(H,18,20)(H,19,21)(H,22,23). The van der Waals surface area contributed by atoms with Crippen LogP contribution in [-0.2, 0) is 9.59 Å². The van der Waals surface area contributed by atoms with Crippen molar-refractivity contribution in [2.24, 2.45) is 5.10 Å². The van der Waals surface area contributed by atoms with E-state index in [0.717, 1.165) is 0 Å². The van der Waals surface area contributed by atoms with Crippen molar-refractivity contribution in [3.8, 4) is 0 Å². The number of amides is 2. The summed E-state index contributed by atoms with van der Waals surface area (Å²) in [6.45, 7) is 0. The highest BCUT2D eigenvalue weighted by molar-refractivity contribution is 6.39. The summed E-state index contributed by atoms with van der Waals surface area (Å²) in [7, 11) is 0. The zero-order chi connectivity index (χ0) is 16.7. The largest absolute Gasteiger partial charge is 0.478 e. The maximum absolute atomic E-state index is 11.7. The molecule has 2 amide bonds. The summed E-state index contributed by atoms with van der Waals surface area (Å²) >= 11 is 0. The van der Waals surface area contributed by atoms with Crippen molar-refractivity contribution in [1.82, 2.24) is 10.4 Å². The molecular weight excluding hydrogens is 300 g/mol. The van der Waals surface area contributed by atoms with Crippen molar-refractivity contribution < 1.29 is 19.5 Å². The normalized spacial score (nSPS) is 10.3. The first-order valence-electron chi connectivity index (χ1n) is 6.44. The highest BCUT2D eigenvalue weighted by Gasteiger charge is 2.16. The first kappa shape index (κ1) is 15.8. The molecule has 1 aromatic carbocycles. The number of aromatic carboxylic acids is 1. The number of pyridine rings is 1. The maximum Gasteiger partial charge on any atom is 0.337 e. The van der Waals surface area contributed by atoms with Crippen LogP contribution in [0, 0.1) is 0 Å². The van der Waals surface area contributed by atoms with E-state index in [1.807, 2.05) is 0 Å². The van der Waals surface area contributed by atoms with Crippen LogP contribution in [0.5, 0.6) is 0 Å². The van der Waals surface area contributed by atoms with Crippen LogP contribution < -0.4 is 10.7 Å². The number of benzene rings is 1. The number of hydrogen-bond donors (Lipinski definition) is 3. The number of hydrogen-bond acceptors (Lipinski definition) is 5. The molecule has 3 N–H and O–H groups in total. The van der Waals surface area contributed by atoms with Crippen LogP contribution in [-0.4, -0.2) is 34.1 Å². The maximum atomic E-state index is 11.7. The molecule has 8 heteroatoms. The highest BCUT2D eigenvalue weighted by atomic mass is 16.4. The first-order valence-corrected chi connectivity index (χ1v) is 6.44. The number of nitrogens with zero attached hydrogens (tertiary/aromatic N) is 2. The van der Waals surface area contributed by atoms with Crippen molar-refractivity contribution in [1.29, 1.82) is 0 Å². The van der Waals surface area contributed by atoms with Crippen molar-refractivity contribution >= 4 is 29.7 Å². The van der Waals surface area contributed by atoms with E-state index in [0.29, 0.717) is 5.56 Å². The van der Waals surface area contributed by atoms with Gasteiger partial charge < -0.3 is 10.4 Å². The van der Waals surface area contributed by atoms with Gasteiger partial charge in [0.25, 0.3) is 0 Å². The second-order valence-electron chi connectivity index (χ2n) is 4.28. The molecule has 0 unspecified atom stereocenters. The van der Waals surface area contributed by atoms with Gasteiger partial charge >= 0.3 is 17.8 Å². The molecule has 0 aliphatic heterocycles. The minimum absolute atomic E-state index is 0.0262. The van der Waals surface area contributed by atoms with Crippen LogP contribution in [0.3, 0.4) is 0 Å². The van der Waals surface area contributed by atoms with Crippen LogP contribution in [0.15, 0.2) is 53.9 Å². The van der Waals surface area contributed by atoms with E-state index in [9.17, 15) is 14.4 Å². The van der Waals surface area contributed by atoms with Gasteiger partial charge in [-0.15, -0.1) is 0 Å². The van der Waals surface area contributed by atoms with Crippen LogP contribution in [0.2, 0.25) is 0 Å². The fourth-order valence-electron chi connectivity index (χ4n) is 1.62. The second-order valence-corrected chi connectivity index (χ2v) is 4.28. The predicted octanol–water partition coefficient (Wildman–Crippen LogP) is 0.869. The summed E-state index contributed by atoms with van der Waals surface area (Å²) in [4.78, 5) is 38.2. The van der Waals surface area contributed by atoms with E-state index in [2.05, 4.69) is 20.8 Å². The molecule has 0 saturated carbocycles. The van der Waals surface area contributed by atoms with Gasteiger partial charge in [-0.05, 0) is 29.8 Å². The van der Waals surface area contributed by atoms with E-state index < -0.39 is 17.8 Å². The topological polar surface area (TPSA) is 121 Å². The molecule has 8 nitrogen and oxygen atoms in total. The third-order valence-electron chi connectivity index (χ3n) is 2.70. The molecule has 0 aliphatic carbocycles. The Kier molecular flexibility index (Phi) is 5.13. The number of anilines is 1. The lowest BCUT2D eigenvalue weighted by Crippen LogP contribution is -2.32. The van der Waals surface area contributed by atoms with Crippen LogP contribution in [0.4, 0.5) is 5.69 Å². The quantitative estimate of drug-likeness (QED) is 0.439. The summed E-state index contributed by atoms with van der Waals surface area (Å²) in [5.74, 6) is -3.25. The van der Waals surface area contributed by atoms with Gasteiger partial charge in [-0.1, -0.05) is 12.1 Å². The lowest BCUT2D eigenvalue weighted by molar-refractivity contribution is -0.136. The Morgan fingerprint density at radius 2 is 1.74 bits per heavy atom. The number of para-hydroxylation sites is 1. The number of carboxylic acid groups (broad SMARTS) is 1. The minimum atomic E-state index is -1.21. The van der Waals surface area contributed by atoms with E-state index >= 15 is 0 Å². The Balaban J connectivity index is 1.97. The summed E-state index contributed by atoms with van der Waals surface area (Å²) in [6.07, 6.45) is 4.45. The highest BCUT2D eigenvalue weighted by Crippen LogP contribution is 2.14. The van der Waals surface area contributed by atoms with Gasteiger partial charge in [-0.3, -0.25) is 14.6 Å². The molecular formula is C15H12N4O4. The lowest BCUT2D eigenvalue weighted by Gasteiger charge is -2.06. The van der Waals surface area contributed by atoms with Gasteiger partial charge in [0, 0.05) is 12.4 Å². The lowest BCUT2D eigenvalue weighted by atomic mass is 10.2. The Hall–Kier alpha value is -3.55. The SMILES string of the molecule is O=C(NN=Cc1ccncc1)C(=O)Nc1ccccc1C(=O)O. The zero-order valence-corrected chi connectivity index (χ0v) is 11.8. The molecule has 23 heavy (non-hydrogen) atoms. The number of aromatic nitrogens is 1. The van der Waals surface area contributed by atoms with Gasteiger partial charge in [-0.2, -0.15) is 5.10 Å². The Morgan fingerprint density at radius 3 is 2.43 bits per heavy atom. The average Bonchev–Trinajstić information content (AvgIpc) is 2.56. The molecule has 1 heterocycles. The smallest absolute Gasteiger partial charge is 0.337 e. The van der Waals surface area contributed by atoms with E-state index in [-0.39, 0.29) is 11.3 Å². The van der Waals surface area contributed by atoms with Gasteiger partial charge in [0.2, 0.25) is 0 Å². The van der Waals surface area contributed by atoms with E-state index in [4.69, 9.17) is 5.11 Å². The third kappa shape index (κ3) is 4.46. The Bertz CT molecular complexity index is 759. The summed E-state index contributed by atoms with van der Waals surface area (Å²) in [5.41, 5.74) is 2.65. The molecule has 116 valence electrons. The molecule has 0 aliphatic rings. The zero-order valence-electron chi connectivity index (χ0n) is 11.8. The summed E-state index contributed by atoms with van der Waals surface area (Å²) < 4.78 is 0. The Labute approximate surface area is 130 Å². The van der Waals surface area contributed by atoms with Gasteiger partial charge in [0.05, 0.1) is 17.5 Å². The van der Waals surface area contributed by atoms with E-state index in [1.54, 1.807) is 30.6 Å². The molecule has 2 rings (SSSR count). The Morgan fingerprint density at radius 1 is 1.04 bits per heavy atom. The molecule has 0 fully saturated rings. The molecule has 0 saturated heterocycles. The van der Waals surface area contributed by atoms with Crippen molar-refractivity contribution in [2.75, 3.05) is 5.32 Å². The summed E-state index contributed by atoms with van der Waals surface area (Å²) in [5, 5.41) is 14.9. The molecule has 1 aromatic heterocycles. The number of carboxylic acids is 1. The molecule has 0 radical (unpaired) electrons. The van der Waals surface area contributed by atoms with Gasteiger partial charge in [0.1, 0.15) is 0 Å². The molecule has 0 bridgehead atoms. The van der Waals surface area contributed by atoms with Crippen LogP contribution in [0.1, 0.15) is 15.9 Å².